The van der Waals surface area contributed by atoms with Crippen LogP contribution in [0, 0.1) is 6.92 Å². The van der Waals surface area contributed by atoms with Crippen molar-refractivity contribution in [2.45, 2.75) is 6.92 Å². The average Bonchev–Trinajstić information content (AvgIpc) is 3.34. The van der Waals surface area contributed by atoms with Gasteiger partial charge in [-0.05, 0) is 48.7 Å². The number of fused-ring (bicyclic) bond motifs is 2. The molecule has 0 saturated carbocycles. The number of methoxy groups -OCH3 is 1. The molecule has 0 atom stereocenters. The second-order valence-electron chi connectivity index (χ2n) is 8.23. The Kier molecular flexibility index (Phi) is 4.88. The van der Waals surface area contributed by atoms with Crippen molar-refractivity contribution in [1.82, 2.24) is 19.5 Å². The van der Waals surface area contributed by atoms with Gasteiger partial charge in [0, 0.05) is 40.5 Å². The predicted octanol–water partition coefficient (Wildman–Crippen LogP) is 5.57. The fourth-order valence-electron chi connectivity index (χ4n) is 4.17. The van der Waals surface area contributed by atoms with E-state index in [0.29, 0.717) is 28.9 Å². The molecule has 0 spiro atoms. The SMILES string of the molecule is COc1nccc2cc(-c3nc(-n4ccc5cccnc5c4=O)c(-c4ccc(C)cc4)o3)ccc12. The highest BCUT2D eigenvalue weighted by Crippen LogP contribution is 2.34. The standard InChI is InChI=1S/C28H20N4O3/c1-17-5-7-19(8-6-17)24-25(32-15-12-18-4-3-13-29-23(18)28(32)33)31-26(35-24)21-9-10-22-20(16-21)11-14-30-27(22)34-2/h3-16H,1-2H3. The number of aryl methyl sites for hydroxylation is 1. The van der Waals surface area contributed by atoms with Crippen molar-refractivity contribution in [1.29, 1.82) is 0 Å². The van der Waals surface area contributed by atoms with Gasteiger partial charge in [0.25, 0.3) is 5.56 Å². The smallest absolute Gasteiger partial charge is 0.282 e. The van der Waals surface area contributed by atoms with Crippen molar-refractivity contribution >= 4 is 21.7 Å². The molecule has 6 aromatic rings. The highest BCUT2D eigenvalue weighted by molar-refractivity contribution is 5.90. The fourth-order valence-corrected chi connectivity index (χ4v) is 4.17. The van der Waals surface area contributed by atoms with Gasteiger partial charge in [0.2, 0.25) is 11.8 Å². The van der Waals surface area contributed by atoms with Crippen LogP contribution in [0.25, 0.3) is 50.3 Å². The van der Waals surface area contributed by atoms with Crippen molar-refractivity contribution in [3.8, 4) is 34.5 Å². The molecule has 4 heterocycles. The Morgan fingerprint density at radius 3 is 2.54 bits per heavy atom. The summed E-state index contributed by atoms with van der Waals surface area (Å²) in [5.41, 5.74) is 2.84. The summed E-state index contributed by atoms with van der Waals surface area (Å²) < 4.78 is 13.2. The first-order valence-corrected chi connectivity index (χ1v) is 11.1. The number of benzene rings is 2. The van der Waals surface area contributed by atoms with E-state index in [1.807, 2.05) is 73.7 Å². The number of aromatic nitrogens is 4. The molecule has 0 bridgehead atoms. The summed E-state index contributed by atoms with van der Waals surface area (Å²) in [6.07, 6.45) is 5.02. The first-order chi connectivity index (χ1) is 17.1. The summed E-state index contributed by atoms with van der Waals surface area (Å²) in [4.78, 5) is 26.7. The maximum atomic E-state index is 13.4. The second-order valence-corrected chi connectivity index (χ2v) is 8.23. The lowest BCUT2D eigenvalue weighted by Crippen LogP contribution is -2.19. The third-order valence-corrected chi connectivity index (χ3v) is 5.98. The summed E-state index contributed by atoms with van der Waals surface area (Å²) in [5.74, 6) is 1.87. The summed E-state index contributed by atoms with van der Waals surface area (Å²) in [6, 6.07) is 21.2. The number of ether oxygens (including phenoxy) is 1. The topological polar surface area (TPSA) is 83.0 Å². The first-order valence-electron chi connectivity index (χ1n) is 11.1. The summed E-state index contributed by atoms with van der Waals surface area (Å²) in [7, 11) is 1.60. The third kappa shape index (κ3) is 3.54. The minimum absolute atomic E-state index is 0.259. The second kappa shape index (κ2) is 8.22. The molecule has 0 aliphatic rings. The number of hydrogen-bond donors (Lipinski definition) is 0. The van der Waals surface area contributed by atoms with E-state index >= 15 is 0 Å². The van der Waals surface area contributed by atoms with Crippen molar-refractivity contribution in [2.24, 2.45) is 0 Å². The molecule has 2 aromatic carbocycles. The molecule has 0 aliphatic heterocycles. The van der Waals surface area contributed by atoms with Gasteiger partial charge in [0.1, 0.15) is 5.52 Å². The molecule has 0 unspecified atom stereocenters. The number of hydrogen-bond acceptors (Lipinski definition) is 6. The molecule has 0 N–H and O–H groups in total. The predicted molar refractivity (Wildman–Crippen MR) is 135 cm³/mol. The quantitative estimate of drug-likeness (QED) is 0.342. The lowest BCUT2D eigenvalue weighted by Gasteiger charge is -2.06. The van der Waals surface area contributed by atoms with Crippen LogP contribution in [0.15, 0.2) is 94.5 Å². The van der Waals surface area contributed by atoms with Gasteiger partial charge >= 0.3 is 0 Å². The monoisotopic (exact) mass is 460 g/mol. The highest BCUT2D eigenvalue weighted by Gasteiger charge is 2.20. The van der Waals surface area contributed by atoms with Crippen molar-refractivity contribution in [2.75, 3.05) is 7.11 Å². The lowest BCUT2D eigenvalue weighted by atomic mass is 10.1. The summed E-state index contributed by atoms with van der Waals surface area (Å²) in [6.45, 7) is 2.02. The van der Waals surface area contributed by atoms with Gasteiger partial charge < -0.3 is 9.15 Å². The number of nitrogens with zero attached hydrogens (tertiary/aromatic N) is 4. The van der Waals surface area contributed by atoms with Crippen LogP contribution in [0.1, 0.15) is 5.56 Å². The molecule has 170 valence electrons. The Balaban J connectivity index is 1.58. The molecule has 0 saturated heterocycles. The average molecular weight is 460 g/mol. The molecule has 0 amide bonds. The van der Waals surface area contributed by atoms with Crippen LogP contribution in [0.2, 0.25) is 0 Å². The molecular weight excluding hydrogens is 440 g/mol. The van der Waals surface area contributed by atoms with E-state index < -0.39 is 0 Å². The molecular formula is C28H20N4O3. The van der Waals surface area contributed by atoms with Crippen LogP contribution >= 0.6 is 0 Å². The molecule has 7 heteroatoms. The van der Waals surface area contributed by atoms with Gasteiger partial charge in [-0.15, -0.1) is 0 Å². The molecule has 7 nitrogen and oxygen atoms in total. The van der Waals surface area contributed by atoms with E-state index in [0.717, 1.165) is 32.8 Å². The van der Waals surface area contributed by atoms with Crippen LogP contribution in [-0.2, 0) is 0 Å². The first kappa shape index (κ1) is 20.8. The largest absolute Gasteiger partial charge is 0.481 e. The van der Waals surface area contributed by atoms with Gasteiger partial charge in [-0.1, -0.05) is 35.9 Å². The number of rotatable bonds is 4. The van der Waals surface area contributed by atoms with Gasteiger partial charge in [0.15, 0.2) is 11.6 Å². The zero-order valence-electron chi connectivity index (χ0n) is 19.1. The van der Waals surface area contributed by atoms with E-state index in [4.69, 9.17) is 14.1 Å². The molecule has 35 heavy (non-hydrogen) atoms. The number of oxazole rings is 1. The Morgan fingerprint density at radius 2 is 1.71 bits per heavy atom. The summed E-state index contributed by atoms with van der Waals surface area (Å²) in [5, 5.41) is 2.60. The van der Waals surface area contributed by atoms with Crippen LogP contribution in [0.3, 0.4) is 0 Å². The lowest BCUT2D eigenvalue weighted by molar-refractivity contribution is 0.403. The molecule has 4 aromatic heterocycles. The Hall–Kier alpha value is -4.78. The molecule has 6 rings (SSSR count). The normalized spacial score (nSPS) is 11.3. The Labute approximate surface area is 200 Å². The van der Waals surface area contributed by atoms with Crippen LogP contribution < -0.4 is 10.3 Å². The van der Waals surface area contributed by atoms with E-state index in [1.165, 1.54) is 4.57 Å². The van der Waals surface area contributed by atoms with Gasteiger partial charge in [-0.2, -0.15) is 4.98 Å². The zero-order valence-corrected chi connectivity index (χ0v) is 19.1. The number of pyridine rings is 3. The van der Waals surface area contributed by atoms with E-state index in [1.54, 1.807) is 25.7 Å². The minimum atomic E-state index is -0.259. The van der Waals surface area contributed by atoms with Crippen LogP contribution in [0.5, 0.6) is 5.88 Å². The minimum Gasteiger partial charge on any atom is -0.481 e. The molecule has 0 aliphatic carbocycles. The van der Waals surface area contributed by atoms with E-state index in [2.05, 4.69) is 9.97 Å². The van der Waals surface area contributed by atoms with Crippen LogP contribution in [0.4, 0.5) is 0 Å². The maximum Gasteiger partial charge on any atom is 0.282 e. The van der Waals surface area contributed by atoms with Crippen molar-refractivity contribution < 1.29 is 9.15 Å². The molecule has 0 radical (unpaired) electrons. The van der Waals surface area contributed by atoms with Gasteiger partial charge in [-0.3, -0.25) is 14.3 Å². The fraction of sp³-hybridized carbons (Fsp3) is 0.0714. The molecule has 0 fully saturated rings. The van der Waals surface area contributed by atoms with Crippen LogP contribution in [-0.4, -0.2) is 26.6 Å². The van der Waals surface area contributed by atoms with Gasteiger partial charge in [0.05, 0.1) is 7.11 Å². The van der Waals surface area contributed by atoms with E-state index in [-0.39, 0.29) is 5.56 Å². The van der Waals surface area contributed by atoms with Gasteiger partial charge in [-0.25, -0.2) is 4.98 Å². The summed E-state index contributed by atoms with van der Waals surface area (Å²) >= 11 is 0. The van der Waals surface area contributed by atoms with Crippen molar-refractivity contribution in [3.05, 3.63) is 101 Å². The Morgan fingerprint density at radius 1 is 0.886 bits per heavy atom. The zero-order chi connectivity index (χ0) is 23.9. The Bertz CT molecular complexity index is 1770. The highest BCUT2D eigenvalue weighted by atomic mass is 16.5. The van der Waals surface area contributed by atoms with E-state index in [9.17, 15) is 4.79 Å². The van der Waals surface area contributed by atoms with Crippen molar-refractivity contribution in [3.63, 3.8) is 0 Å². The maximum absolute atomic E-state index is 13.4. The third-order valence-electron chi connectivity index (χ3n) is 5.98.